The van der Waals surface area contributed by atoms with Crippen molar-refractivity contribution in [3.63, 3.8) is 0 Å². The van der Waals surface area contributed by atoms with Crippen molar-refractivity contribution < 1.29 is 9.90 Å². The Bertz CT molecular complexity index is 98.2. The molecule has 0 aromatic rings. The summed E-state index contributed by atoms with van der Waals surface area (Å²) < 4.78 is 0. The summed E-state index contributed by atoms with van der Waals surface area (Å²) >= 11 is 0. The Morgan fingerprint density at radius 1 is 1.62 bits per heavy atom. The molecule has 0 spiro atoms. The van der Waals surface area contributed by atoms with Crippen LogP contribution in [0, 0.1) is 0 Å². The quantitative estimate of drug-likeness (QED) is 0.458. The van der Waals surface area contributed by atoms with Crippen LogP contribution in [0.3, 0.4) is 0 Å². The summed E-state index contributed by atoms with van der Waals surface area (Å²) in [5.74, 6) is 0. The average molecular weight is 115 g/mol. The first-order valence-electron chi connectivity index (χ1n) is 2.47. The fraction of sp³-hybridized carbons (Fsp3) is 0.750. The van der Waals surface area contributed by atoms with Crippen molar-refractivity contribution in [1.82, 2.24) is 10.2 Å². The molecule has 4 heteroatoms. The molecule has 1 aliphatic rings. The lowest BCUT2D eigenvalue weighted by molar-refractivity contribution is 0.129. The zero-order valence-corrected chi connectivity index (χ0v) is 4.39. The minimum Gasteiger partial charge on any atom is -0.298 e. The van der Waals surface area contributed by atoms with Gasteiger partial charge in [-0.3, -0.25) is 10.2 Å². The van der Waals surface area contributed by atoms with Gasteiger partial charge in [0.05, 0.1) is 6.67 Å². The van der Waals surface area contributed by atoms with Gasteiger partial charge in [-0.15, -0.1) is 0 Å². The Hall–Kier alpha value is -0.770. The summed E-state index contributed by atoms with van der Waals surface area (Å²) in [6, 6.07) is 0. The number of carbonyl (C=O) groups excluding carboxylic acids is 1. The molecule has 0 aromatic carbocycles. The molecule has 0 bridgehead atoms. The van der Waals surface area contributed by atoms with E-state index < -0.39 is 6.09 Å². The van der Waals surface area contributed by atoms with Gasteiger partial charge < -0.3 is 0 Å². The fourth-order valence-corrected chi connectivity index (χ4v) is 0.663. The third-order valence-corrected chi connectivity index (χ3v) is 1.12. The van der Waals surface area contributed by atoms with Crippen LogP contribution >= 0.6 is 0 Å². The fourth-order valence-electron chi connectivity index (χ4n) is 0.663. The number of carbonyl (C=O) groups is 1. The summed E-state index contributed by atoms with van der Waals surface area (Å²) in [5.41, 5.74) is 0. The molecule has 1 saturated heterocycles. The van der Waals surface area contributed by atoms with Gasteiger partial charge in [-0.1, -0.05) is 0 Å². The van der Waals surface area contributed by atoms with E-state index in [0.717, 1.165) is 6.54 Å². The summed E-state index contributed by atoms with van der Waals surface area (Å²) in [7, 11) is 0. The van der Waals surface area contributed by atoms with E-state index in [1.54, 1.807) is 0 Å². The molecule has 1 radical (unpaired) electrons. The molecule has 1 amide bonds. The molecule has 0 unspecified atom stereocenters. The largest absolute Gasteiger partial charge is 0.454 e. The van der Waals surface area contributed by atoms with E-state index >= 15 is 0 Å². The molecule has 1 aliphatic heterocycles. The first kappa shape index (κ1) is 5.37. The molecule has 0 saturated carbocycles. The van der Waals surface area contributed by atoms with Crippen molar-refractivity contribution in [2.45, 2.75) is 0 Å². The molecule has 1 rings (SSSR count). The van der Waals surface area contributed by atoms with Crippen molar-refractivity contribution in [2.24, 2.45) is 0 Å². The summed E-state index contributed by atoms with van der Waals surface area (Å²) in [4.78, 5) is 11.2. The number of rotatable bonds is 0. The molecule has 0 aliphatic carbocycles. The van der Waals surface area contributed by atoms with Gasteiger partial charge >= 0.3 is 6.09 Å². The topological polar surface area (TPSA) is 52.2 Å². The minimum atomic E-state index is -1.09. The highest BCUT2D eigenvalue weighted by atomic mass is 16.4. The smallest absolute Gasteiger partial charge is 0.298 e. The molecule has 0 atom stereocenters. The maximum atomic E-state index is 9.98. The minimum absolute atomic E-state index is 0.419. The number of hydrogen-bond donors (Lipinski definition) is 1. The van der Waals surface area contributed by atoms with Crippen LogP contribution < -0.4 is 5.32 Å². The Kier molecular flexibility index (Phi) is 1.34. The molecular weight excluding hydrogens is 108 g/mol. The van der Waals surface area contributed by atoms with Crippen LogP contribution in [0.4, 0.5) is 4.79 Å². The number of nitrogens with one attached hydrogen (secondary N) is 1. The van der Waals surface area contributed by atoms with E-state index in [1.165, 1.54) is 4.90 Å². The third kappa shape index (κ3) is 0.894. The molecular formula is C4H7N2O2. The highest BCUT2D eigenvalue weighted by Gasteiger charge is 2.16. The average Bonchev–Trinajstić information content (AvgIpc) is 2.12. The van der Waals surface area contributed by atoms with E-state index in [1.807, 2.05) is 0 Å². The summed E-state index contributed by atoms with van der Waals surface area (Å²) in [5, 5.41) is 12.8. The van der Waals surface area contributed by atoms with Crippen molar-refractivity contribution in [2.75, 3.05) is 19.8 Å². The lowest BCUT2D eigenvalue weighted by atomic mass is 10.6. The molecule has 1 heterocycles. The van der Waals surface area contributed by atoms with Crippen LogP contribution in [0.25, 0.3) is 0 Å². The monoisotopic (exact) mass is 115 g/mol. The highest BCUT2D eigenvalue weighted by Crippen LogP contribution is 1.91. The first-order valence-corrected chi connectivity index (χ1v) is 2.47. The Morgan fingerprint density at radius 2 is 2.38 bits per heavy atom. The molecule has 1 fully saturated rings. The zero-order chi connectivity index (χ0) is 5.98. The second-order valence-electron chi connectivity index (χ2n) is 1.69. The Balaban J connectivity index is 2.35. The van der Waals surface area contributed by atoms with Crippen molar-refractivity contribution in [3.8, 4) is 0 Å². The van der Waals surface area contributed by atoms with E-state index in [-0.39, 0.29) is 0 Å². The van der Waals surface area contributed by atoms with E-state index in [2.05, 4.69) is 5.32 Å². The van der Waals surface area contributed by atoms with Crippen molar-refractivity contribution >= 4 is 6.09 Å². The van der Waals surface area contributed by atoms with Crippen LogP contribution in [-0.2, 0) is 5.11 Å². The van der Waals surface area contributed by atoms with Gasteiger partial charge in [0.1, 0.15) is 0 Å². The summed E-state index contributed by atoms with van der Waals surface area (Å²) in [6.45, 7) is 1.72. The predicted molar refractivity (Wildman–Crippen MR) is 25.7 cm³/mol. The molecule has 0 aromatic heterocycles. The molecule has 1 N–H and O–H groups in total. The van der Waals surface area contributed by atoms with Gasteiger partial charge in [0, 0.05) is 13.1 Å². The highest BCUT2D eigenvalue weighted by molar-refractivity contribution is 5.64. The van der Waals surface area contributed by atoms with E-state index in [9.17, 15) is 9.90 Å². The van der Waals surface area contributed by atoms with Crippen LogP contribution in [0.2, 0.25) is 0 Å². The summed E-state index contributed by atoms with van der Waals surface area (Å²) in [6.07, 6.45) is -1.09. The second-order valence-corrected chi connectivity index (χ2v) is 1.69. The van der Waals surface area contributed by atoms with E-state index in [0.29, 0.717) is 13.2 Å². The maximum absolute atomic E-state index is 9.98. The maximum Gasteiger partial charge on any atom is 0.454 e. The SMILES string of the molecule is [O]C(=O)N1CCNC1. The van der Waals surface area contributed by atoms with Crippen LogP contribution in [0.15, 0.2) is 0 Å². The standard InChI is InChI=1S/C4H7N2O2/c7-4(8)6-2-1-5-3-6/h5H,1-3H2. The van der Waals surface area contributed by atoms with Crippen LogP contribution in [-0.4, -0.2) is 30.8 Å². The van der Waals surface area contributed by atoms with Gasteiger partial charge in [-0.2, -0.15) is 0 Å². The second kappa shape index (κ2) is 2.00. The van der Waals surface area contributed by atoms with E-state index in [4.69, 9.17) is 0 Å². The van der Waals surface area contributed by atoms with Gasteiger partial charge in [-0.25, -0.2) is 9.90 Å². The number of nitrogens with zero attached hydrogens (tertiary/aromatic N) is 1. The molecule has 45 valence electrons. The van der Waals surface area contributed by atoms with Crippen LogP contribution in [0.1, 0.15) is 0 Å². The Labute approximate surface area is 47.1 Å². The van der Waals surface area contributed by atoms with Gasteiger partial charge in [0.2, 0.25) is 0 Å². The molecule has 8 heavy (non-hydrogen) atoms. The van der Waals surface area contributed by atoms with Gasteiger partial charge in [0.25, 0.3) is 0 Å². The molecule has 4 nitrogen and oxygen atoms in total. The van der Waals surface area contributed by atoms with Crippen molar-refractivity contribution in [3.05, 3.63) is 0 Å². The zero-order valence-electron chi connectivity index (χ0n) is 4.39. The lowest BCUT2D eigenvalue weighted by Crippen LogP contribution is -2.26. The first-order chi connectivity index (χ1) is 3.80. The van der Waals surface area contributed by atoms with Crippen LogP contribution in [0.5, 0.6) is 0 Å². The third-order valence-electron chi connectivity index (χ3n) is 1.12. The normalized spacial score (nSPS) is 19.2. The van der Waals surface area contributed by atoms with Gasteiger partial charge in [-0.05, 0) is 0 Å². The lowest BCUT2D eigenvalue weighted by Gasteiger charge is -2.04. The van der Waals surface area contributed by atoms with Gasteiger partial charge in [0.15, 0.2) is 0 Å². The Morgan fingerprint density at radius 3 is 2.62 bits per heavy atom. The predicted octanol–water partition coefficient (Wildman–Crippen LogP) is -0.600. The van der Waals surface area contributed by atoms with Crippen molar-refractivity contribution in [1.29, 1.82) is 0 Å². The number of hydrogen-bond acceptors (Lipinski definition) is 2. The number of amides is 1.